The normalized spacial score (nSPS) is 16.3. The molecule has 1 aliphatic heterocycles. The summed E-state index contributed by atoms with van der Waals surface area (Å²) in [4.78, 5) is 8.66. The lowest BCUT2D eigenvalue weighted by Crippen LogP contribution is -2.07. The van der Waals surface area contributed by atoms with Crippen LogP contribution < -0.4 is 0 Å². The molecule has 0 saturated heterocycles. The molecular formula is C17H11Cl2N3O. The standard InChI is InChI=1S/C17H11Cl2N3O/c18-10-5-6-14-12(9-10)15(11-3-1-2-4-13(11)19)21-17(23)16-20-7-8-22(14)16/h1-9,17,23H. The van der Waals surface area contributed by atoms with Crippen molar-refractivity contribution >= 4 is 28.9 Å². The summed E-state index contributed by atoms with van der Waals surface area (Å²) in [5, 5.41) is 11.6. The van der Waals surface area contributed by atoms with E-state index in [2.05, 4.69) is 9.98 Å². The van der Waals surface area contributed by atoms with Gasteiger partial charge < -0.3 is 5.11 Å². The minimum Gasteiger partial charge on any atom is -0.365 e. The van der Waals surface area contributed by atoms with E-state index in [9.17, 15) is 5.11 Å². The SMILES string of the molecule is OC1N=C(c2ccccc2Cl)c2cc(Cl)ccc2-n2ccnc21. The molecule has 4 nitrogen and oxygen atoms in total. The topological polar surface area (TPSA) is 50.4 Å². The highest BCUT2D eigenvalue weighted by atomic mass is 35.5. The number of benzene rings is 2. The van der Waals surface area contributed by atoms with Crippen LogP contribution >= 0.6 is 23.2 Å². The maximum atomic E-state index is 10.4. The zero-order chi connectivity index (χ0) is 16.0. The number of hydrogen-bond donors (Lipinski definition) is 1. The van der Waals surface area contributed by atoms with Crippen LogP contribution in [0.15, 0.2) is 59.9 Å². The van der Waals surface area contributed by atoms with E-state index in [1.165, 1.54) is 0 Å². The summed E-state index contributed by atoms with van der Waals surface area (Å²) in [6.07, 6.45) is 2.34. The van der Waals surface area contributed by atoms with E-state index in [0.29, 0.717) is 21.6 Å². The monoisotopic (exact) mass is 343 g/mol. The Morgan fingerprint density at radius 3 is 2.70 bits per heavy atom. The minimum absolute atomic E-state index is 0.454. The van der Waals surface area contributed by atoms with Gasteiger partial charge in [0.15, 0.2) is 5.82 Å². The maximum Gasteiger partial charge on any atom is 0.205 e. The fraction of sp³-hybridized carbons (Fsp3) is 0.0588. The molecule has 1 unspecified atom stereocenters. The van der Waals surface area contributed by atoms with E-state index in [0.717, 1.165) is 16.8 Å². The maximum absolute atomic E-state index is 10.4. The molecule has 2 heterocycles. The van der Waals surface area contributed by atoms with E-state index in [1.807, 2.05) is 34.9 Å². The summed E-state index contributed by atoms with van der Waals surface area (Å²) in [7, 11) is 0. The summed E-state index contributed by atoms with van der Waals surface area (Å²) in [5.41, 5.74) is 2.96. The van der Waals surface area contributed by atoms with Gasteiger partial charge in [-0.25, -0.2) is 9.98 Å². The van der Waals surface area contributed by atoms with Crippen LogP contribution in [0.3, 0.4) is 0 Å². The number of aliphatic hydroxyl groups is 1. The number of aromatic nitrogens is 2. The van der Waals surface area contributed by atoms with E-state index in [4.69, 9.17) is 23.2 Å². The number of imidazole rings is 1. The summed E-state index contributed by atoms with van der Waals surface area (Å²) in [6.45, 7) is 0. The van der Waals surface area contributed by atoms with Gasteiger partial charge in [0.25, 0.3) is 0 Å². The number of fused-ring (bicyclic) bond motifs is 3. The third-order valence-corrected chi connectivity index (χ3v) is 4.32. The van der Waals surface area contributed by atoms with Gasteiger partial charge in [0.1, 0.15) is 0 Å². The van der Waals surface area contributed by atoms with Crippen molar-refractivity contribution in [2.75, 3.05) is 0 Å². The molecule has 1 aliphatic rings. The van der Waals surface area contributed by atoms with Crippen LogP contribution in [-0.2, 0) is 0 Å². The van der Waals surface area contributed by atoms with Gasteiger partial charge in [-0.15, -0.1) is 0 Å². The van der Waals surface area contributed by atoms with Crippen molar-refractivity contribution < 1.29 is 5.11 Å². The zero-order valence-electron chi connectivity index (χ0n) is 11.8. The minimum atomic E-state index is -1.08. The highest BCUT2D eigenvalue weighted by Gasteiger charge is 2.25. The van der Waals surface area contributed by atoms with Gasteiger partial charge in [0.05, 0.1) is 11.4 Å². The highest BCUT2D eigenvalue weighted by Crippen LogP contribution is 2.32. The fourth-order valence-electron chi connectivity index (χ4n) is 2.74. The van der Waals surface area contributed by atoms with Crippen molar-refractivity contribution in [2.45, 2.75) is 6.23 Å². The summed E-state index contributed by atoms with van der Waals surface area (Å²) < 4.78 is 1.81. The molecule has 1 aromatic heterocycles. The predicted octanol–water partition coefficient (Wildman–Crippen LogP) is 4.02. The molecule has 4 rings (SSSR count). The zero-order valence-corrected chi connectivity index (χ0v) is 13.3. The molecular weight excluding hydrogens is 333 g/mol. The summed E-state index contributed by atoms with van der Waals surface area (Å²) in [6, 6.07) is 12.9. The second-order valence-electron chi connectivity index (χ2n) is 5.15. The number of hydrogen-bond acceptors (Lipinski definition) is 3. The molecule has 23 heavy (non-hydrogen) atoms. The van der Waals surface area contributed by atoms with Crippen molar-refractivity contribution in [1.82, 2.24) is 9.55 Å². The van der Waals surface area contributed by atoms with Crippen LogP contribution in [-0.4, -0.2) is 20.4 Å². The molecule has 3 aromatic rings. The number of nitrogens with zero attached hydrogens (tertiary/aromatic N) is 3. The Morgan fingerprint density at radius 2 is 1.87 bits per heavy atom. The average molecular weight is 344 g/mol. The van der Waals surface area contributed by atoms with E-state index in [1.54, 1.807) is 24.5 Å². The van der Waals surface area contributed by atoms with E-state index < -0.39 is 6.23 Å². The first-order valence-corrected chi connectivity index (χ1v) is 7.75. The van der Waals surface area contributed by atoms with Gasteiger partial charge in [0.2, 0.25) is 6.23 Å². The van der Waals surface area contributed by atoms with Crippen LogP contribution in [0.4, 0.5) is 0 Å². The van der Waals surface area contributed by atoms with Crippen molar-refractivity contribution in [3.63, 3.8) is 0 Å². The van der Waals surface area contributed by atoms with Gasteiger partial charge in [-0.2, -0.15) is 0 Å². The summed E-state index contributed by atoms with van der Waals surface area (Å²) in [5.74, 6) is 0.454. The van der Waals surface area contributed by atoms with E-state index in [-0.39, 0.29) is 0 Å². The van der Waals surface area contributed by atoms with Crippen molar-refractivity contribution in [3.05, 3.63) is 81.9 Å². The molecule has 0 bridgehead atoms. The third kappa shape index (κ3) is 2.36. The molecule has 1 atom stereocenters. The first-order valence-electron chi connectivity index (χ1n) is 6.99. The van der Waals surface area contributed by atoms with Crippen molar-refractivity contribution in [2.24, 2.45) is 4.99 Å². The highest BCUT2D eigenvalue weighted by molar-refractivity contribution is 6.36. The van der Waals surface area contributed by atoms with Crippen molar-refractivity contribution in [3.8, 4) is 5.69 Å². The Morgan fingerprint density at radius 1 is 1.04 bits per heavy atom. The Kier molecular flexibility index (Phi) is 3.45. The Bertz CT molecular complexity index is 933. The summed E-state index contributed by atoms with van der Waals surface area (Å²) >= 11 is 12.5. The number of aliphatic imine (C=N–C) groups is 1. The fourth-order valence-corrected chi connectivity index (χ4v) is 3.13. The average Bonchev–Trinajstić information content (AvgIpc) is 2.99. The second kappa shape index (κ2) is 5.49. The smallest absolute Gasteiger partial charge is 0.205 e. The molecule has 0 radical (unpaired) electrons. The Balaban J connectivity index is 2.05. The molecule has 0 spiro atoms. The molecule has 1 N–H and O–H groups in total. The third-order valence-electron chi connectivity index (χ3n) is 3.75. The predicted molar refractivity (Wildman–Crippen MR) is 90.6 cm³/mol. The Hall–Kier alpha value is -2.14. The van der Waals surface area contributed by atoms with Crippen molar-refractivity contribution in [1.29, 1.82) is 0 Å². The lowest BCUT2D eigenvalue weighted by molar-refractivity contribution is 0.177. The Labute approximate surface area is 142 Å². The molecule has 0 amide bonds. The van der Waals surface area contributed by atoms with Gasteiger partial charge in [0, 0.05) is 33.6 Å². The number of halogens is 2. The van der Waals surface area contributed by atoms with E-state index >= 15 is 0 Å². The number of rotatable bonds is 1. The lowest BCUT2D eigenvalue weighted by Gasteiger charge is -2.12. The van der Waals surface area contributed by atoms with Crippen LogP contribution in [0.25, 0.3) is 5.69 Å². The van der Waals surface area contributed by atoms with Gasteiger partial charge >= 0.3 is 0 Å². The first-order chi connectivity index (χ1) is 11.1. The van der Waals surface area contributed by atoms with Gasteiger partial charge in [-0.05, 0) is 24.3 Å². The van der Waals surface area contributed by atoms with Crippen LogP contribution in [0.1, 0.15) is 23.2 Å². The number of aliphatic hydroxyl groups excluding tert-OH is 1. The van der Waals surface area contributed by atoms with Crippen LogP contribution in [0.2, 0.25) is 10.0 Å². The lowest BCUT2D eigenvalue weighted by atomic mass is 10.0. The molecule has 0 aliphatic carbocycles. The van der Waals surface area contributed by atoms with Crippen LogP contribution in [0.5, 0.6) is 0 Å². The molecule has 114 valence electrons. The van der Waals surface area contributed by atoms with Gasteiger partial charge in [-0.3, -0.25) is 4.57 Å². The molecule has 0 fully saturated rings. The molecule has 0 saturated carbocycles. The molecule has 2 aromatic carbocycles. The second-order valence-corrected chi connectivity index (χ2v) is 5.99. The van der Waals surface area contributed by atoms with Crippen LogP contribution in [0, 0.1) is 0 Å². The first kappa shape index (κ1) is 14.5. The largest absolute Gasteiger partial charge is 0.365 e. The quantitative estimate of drug-likeness (QED) is 0.725. The molecule has 6 heteroatoms. The van der Waals surface area contributed by atoms with Gasteiger partial charge in [-0.1, -0.05) is 41.4 Å².